The van der Waals surface area contributed by atoms with Gasteiger partial charge in [-0.3, -0.25) is 9.69 Å². The minimum absolute atomic E-state index is 0.0124. The number of aliphatic hydroxyl groups is 2. The van der Waals surface area contributed by atoms with Gasteiger partial charge in [0.1, 0.15) is 0 Å². The molecule has 4 fully saturated rings. The van der Waals surface area contributed by atoms with E-state index in [2.05, 4.69) is 38.8 Å². The van der Waals surface area contributed by atoms with E-state index in [-0.39, 0.29) is 23.3 Å². The van der Waals surface area contributed by atoms with Gasteiger partial charge in [-0.1, -0.05) is 48.7 Å². The minimum Gasteiger partial charge on any atom is -0.390 e. The first-order valence-corrected chi connectivity index (χ1v) is 13.8. The fraction of sp³-hybridized carbons (Fsp3) is 0.731. The molecule has 3 N–H and O–H groups in total. The number of hydrogen-bond acceptors (Lipinski definition) is 6. The second kappa shape index (κ2) is 9.86. The van der Waals surface area contributed by atoms with Gasteiger partial charge >= 0.3 is 0 Å². The van der Waals surface area contributed by atoms with Gasteiger partial charge in [0.25, 0.3) is 0 Å². The first kappa shape index (κ1) is 23.6. The molecule has 1 aromatic carbocycles. The Hall–Kier alpha value is -1.12. The summed E-state index contributed by atoms with van der Waals surface area (Å²) < 4.78 is 2.33. The number of nitrogens with one attached hydrogen (secondary N) is 1. The van der Waals surface area contributed by atoms with Crippen LogP contribution in [0, 0.1) is 11.3 Å². The number of aliphatic hydroxyl groups excluding tert-OH is 1. The van der Waals surface area contributed by atoms with Crippen molar-refractivity contribution in [2.45, 2.75) is 75.7 Å². The number of carbonyl (C=O) groups is 1. The molecule has 6 nitrogen and oxygen atoms in total. The zero-order valence-corrected chi connectivity index (χ0v) is 20.4. The lowest BCUT2D eigenvalue weighted by molar-refractivity contribution is -0.135. The van der Waals surface area contributed by atoms with Crippen molar-refractivity contribution in [3.8, 4) is 0 Å². The second-order valence-corrected chi connectivity index (χ2v) is 11.9. The molecular weight excluding hydrogens is 434 g/mol. The normalized spacial score (nSPS) is 38.8. The smallest absolute Gasteiger partial charge is 0.238 e. The van der Waals surface area contributed by atoms with Crippen molar-refractivity contribution in [1.29, 1.82) is 0 Å². The largest absolute Gasteiger partial charge is 0.390 e. The molecule has 0 bridgehead atoms. The molecule has 3 aliphatic heterocycles. The highest BCUT2D eigenvalue weighted by Crippen LogP contribution is 2.52. The average Bonchev–Trinajstić information content (AvgIpc) is 3.17. The van der Waals surface area contributed by atoms with Crippen molar-refractivity contribution in [3.05, 3.63) is 35.9 Å². The van der Waals surface area contributed by atoms with Crippen LogP contribution in [0.15, 0.2) is 30.3 Å². The number of benzene rings is 1. The Morgan fingerprint density at radius 3 is 2.76 bits per heavy atom. The van der Waals surface area contributed by atoms with Gasteiger partial charge in [-0.05, 0) is 61.8 Å². The van der Waals surface area contributed by atoms with Crippen molar-refractivity contribution in [2.75, 3.05) is 31.9 Å². The molecule has 1 aliphatic carbocycles. The number of amides is 1. The van der Waals surface area contributed by atoms with E-state index in [4.69, 9.17) is 0 Å². The number of hydrogen-bond donors (Lipinski definition) is 3. The van der Waals surface area contributed by atoms with Crippen LogP contribution >= 0.6 is 11.9 Å². The van der Waals surface area contributed by atoms with Crippen LogP contribution in [0.4, 0.5) is 0 Å². The molecule has 1 saturated carbocycles. The Balaban J connectivity index is 1.24. The lowest BCUT2D eigenvalue weighted by Crippen LogP contribution is -2.53. The molecule has 33 heavy (non-hydrogen) atoms. The first-order valence-electron chi connectivity index (χ1n) is 12.8. The molecule has 7 heteroatoms. The number of nitrogens with zero attached hydrogens (tertiary/aromatic N) is 2. The molecule has 182 valence electrons. The number of carbonyl (C=O) groups excluding carboxylic acids is 1. The van der Waals surface area contributed by atoms with Crippen molar-refractivity contribution in [3.63, 3.8) is 0 Å². The third kappa shape index (κ3) is 4.98. The summed E-state index contributed by atoms with van der Waals surface area (Å²) in [7, 11) is 0. The third-order valence-electron chi connectivity index (χ3n) is 8.65. The van der Waals surface area contributed by atoms with E-state index in [9.17, 15) is 15.0 Å². The predicted molar refractivity (Wildman–Crippen MR) is 131 cm³/mol. The van der Waals surface area contributed by atoms with E-state index in [0.717, 1.165) is 77.0 Å². The Labute approximate surface area is 202 Å². The van der Waals surface area contributed by atoms with E-state index in [1.54, 1.807) is 0 Å². The number of rotatable bonds is 4. The Kier molecular flexibility index (Phi) is 7.06. The quantitative estimate of drug-likeness (QED) is 0.584. The average molecular weight is 474 g/mol. The zero-order chi connectivity index (χ0) is 22.9. The second-order valence-electron chi connectivity index (χ2n) is 10.9. The summed E-state index contributed by atoms with van der Waals surface area (Å²) in [5.74, 6) is 1.33. The van der Waals surface area contributed by atoms with Crippen LogP contribution in [0.2, 0.25) is 0 Å². The summed E-state index contributed by atoms with van der Waals surface area (Å²) in [6.07, 6.45) is 6.77. The third-order valence-corrected chi connectivity index (χ3v) is 10.1. The predicted octanol–water partition coefficient (Wildman–Crippen LogP) is 2.79. The van der Waals surface area contributed by atoms with Gasteiger partial charge in [0, 0.05) is 38.5 Å². The van der Waals surface area contributed by atoms with Gasteiger partial charge in [-0.25, -0.2) is 4.31 Å². The molecule has 1 amide bonds. The highest BCUT2D eigenvalue weighted by atomic mass is 32.2. The lowest BCUT2D eigenvalue weighted by atomic mass is 9.63. The summed E-state index contributed by atoms with van der Waals surface area (Å²) in [5, 5.41) is 26.0. The summed E-state index contributed by atoms with van der Waals surface area (Å²) in [6, 6.07) is 10.5. The van der Waals surface area contributed by atoms with Crippen molar-refractivity contribution in [2.24, 2.45) is 11.3 Å². The summed E-state index contributed by atoms with van der Waals surface area (Å²) >= 11 is 1.83. The summed E-state index contributed by atoms with van der Waals surface area (Å²) in [6.45, 7) is 4.23. The summed E-state index contributed by atoms with van der Waals surface area (Å²) in [4.78, 5) is 14.8. The maximum atomic E-state index is 12.4. The molecule has 1 aromatic rings. The van der Waals surface area contributed by atoms with Crippen molar-refractivity contribution >= 4 is 17.9 Å². The Morgan fingerprint density at radius 1 is 1.09 bits per heavy atom. The van der Waals surface area contributed by atoms with E-state index in [0.29, 0.717) is 12.8 Å². The molecule has 5 atom stereocenters. The Bertz CT molecular complexity index is 826. The fourth-order valence-corrected chi connectivity index (χ4v) is 8.21. The lowest BCUT2D eigenvalue weighted by Gasteiger charge is -2.46. The standard InChI is InChI=1S/C26H39N3O3S/c30-23-10-14-28(17-20-6-2-1-3-7-20)15-12-26(23,32)21-8-4-11-25(16-21)18-29(33-19-25)22-9-5-13-27-24(22)31/h1-3,6-7,21-23,30,32H,4-5,8-19H2,(H,27,31). The van der Waals surface area contributed by atoms with Gasteiger partial charge in [0.05, 0.1) is 17.7 Å². The maximum Gasteiger partial charge on any atom is 0.238 e. The van der Waals surface area contributed by atoms with Gasteiger partial charge in [0.15, 0.2) is 0 Å². The van der Waals surface area contributed by atoms with Crippen LogP contribution < -0.4 is 5.32 Å². The van der Waals surface area contributed by atoms with Gasteiger partial charge in [-0.15, -0.1) is 0 Å². The van der Waals surface area contributed by atoms with Crippen molar-refractivity contribution < 1.29 is 15.0 Å². The SMILES string of the molecule is O=C1NCCCC1N1CC2(CCCC(C3(O)CCN(Cc4ccccc4)CCC3O)C2)CS1. The molecule has 4 aliphatic rings. The number of piperidine rings is 1. The molecule has 3 heterocycles. The Morgan fingerprint density at radius 2 is 1.94 bits per heavy atom. The van der Waals surface area contributed by atoms with E-state index in [1.807, 2.05) is 18.0 Å². The van der Waals surface area contributed by atoms with E-state index < -0.39 is 11.7 Å². The van der Waals surface area contributed by atoms with Gasteiger partial charge < -0.3 is 15.5 Å². The first-order chi connectivity index (χ1) is 16.0. The van der Waals surface area contributed by atoms with Crippen LogP contribution in [-0.4, -0.2) is 75.0 Å². The minimum atomic E-state index is -1.01. The molecule has 5 rings (SSSR count). The molecule has 5 unspecified atom stereocenters. The fourth-order valence-electron chi connectivity index (χ4n) is 6.67. The summed E-state index contributed by atoms with van der Waals surface area (Å²) in [5.41, 5.74) is 0.416. The molecular formula is C26H39N3O3S. The van der Waals surface area contributed by atoms with Crippen LogP contribution in [0.1, 0.15) is 56.9 Å². The van der Waals surface area contributed by atoms with Crippen LogP contribution in [0.3, 0.4) is 0 Å². The van der Waals surface area contributed by atoms with Gasteiger partial charge in [-0.2, -0.15) is 0 Å². The highest BCUT2D eigenvalue weighted by Gasteiger charge is 2.52. The maximum absolute atomic E-state index is 12.4. The zero-order valence-electron chi connectivity index (χ0n) is 19.6. The molecule has 1 spiro atoms. The van der Waals surface area contributed by atoms with Crippen LogP contribution in [-0.2, 0) is 11.3 Å². The monoisotopic (exact) mass is 473 g/mol. The van der Waals surface area contributed by atoms with Gasteiger partial charge in [0.2, 0.25) is 5.91 Å². The van der Waals surface area contributed by atoms with Crippen molar-refractivity contribution in [1.82, 2.24) is 14.5 Å². The van der Waals surface area contributed by atoms with E-state index >= 15 is 0 Å². The van der Waals surface area contributed by atoms with Crippen LogP contribution in [0.5, 0.6) is 0 Å². The molecule has 0 radical (unpaired) electrons. The van der Waals surface area contributed by atoms with Crippen LogP contribution in [0.25, 0.3) is 0 Å². The topological polar surface area (TPSA) is 76.0 Å². The highest BCUT2D eigenvalue weighted by molar-refractivity contribution is 7.97. The molecule has 3 saturated heterocycles. The number of likely N-dealkylation sites (tertiary alicyclic amines) is 1. The molecule has 0 aromatic heterocycles. The van der Waals surface area contributed by atoms with E-state index in [1.165, 1.54) is 5.56 Å².